The highest BCUT2D eigenvalue weighted by Gasteiger charge is 2.42. The Morgan fingerprint density at radius 2 is 2.12 bits per heavy atom. The molecule has 1 unspecified atom stereocenters. The van der Waals surface area contributed by atoms with Gasteiger partial charge in [-0.15, -0.1) is 5.10 Å². The molecule has 2 aromatic rings. The summed E-state index contributed by atoms with van der Waals surface area (Å²) in [4.78, 5) is 25.2. The second-order valence-corrected chi connectivity index (χ2v) is 6.97. The minimum Gasteiger partial charge on any atom is -0.481 e. The first kappa shape index (κ1) is 17.3. The lowest BCUT2D eigenvalue weighted by atomic mass is 9.90. The number of aromatic nitrogens is 2. The number of aryl methyl sites for hydroxylation is 1. The second kappa shape index (κ2) is 6.40. The van der Waals surface area contributed by atoms with E-state index < -0.39 is 11.4 Å². The van der Waals surface area contributed by atoms with Crippen molar-refractivity contribution in [1.29, 1.82) is 0 Å². The smallest absolute Gasteiger partial charge is 0.323 e. The van der Waals surface area contributed by atoms with Crippen LogP contribution in [-0.2, 0) is 4.79 Å². The first-order valence-electron chi connectivity index (χ1n) is 7.90. The molecule has 1 atom stereocenters. The molecule has 7 nitrogen and oxygen atoms in total. The molecule has 1 fully saturated rings. The van der Waals surface area contributed by atoms with Crippen LogP contribution in [0.1, 0.15) is 19.0 Å². The average Bonchev–Trinajstić information content (AvgIpc) is 3.12. The number of urea groups is 1. The van der Waals surface area contributed by atoms with Gasteiger partial charge in [0.05, 0.1) is 11.1 Å². The van der Waals surface area contributed by atoms with Crippen LogP contribution in [0.15, 0.2) is 30.3 Å². The van der Waals surface area contributed by atoms with Gasteiger partial charge in [-0.3, -0.25) is 10.1 Å². The van der Waals surface area contributed by atoms with E-state index >= 15 is 0 Å². The highest BCUT2D eigenvalue weighted by atomic mass is 35.5. The molecule has 1 aromatic heterocycles. The van der Waals surface area contributed by atoms with Crippen molar-refractivity contribution in [2.45, 2.75) is 20.3 Å². The third kappa shape index (κ3) is 3.46. The maximum absolute atomic E-state index is 12.4. The predicted molar refractivity (Wildman–Crippen MR) is 94.3 cm³/mol. The van der Waals surface area contributed by atoms with E-state index in [0.29, 0.717) is 23.8 Å². The van der Waals surface area contributed by atoms with Crippen molar-refractivity contribution in [2.75, 3.05) is 18.4 Å². The number of amides is 2. The van der Waals surface area contributed by atoms with Gasteiger partial charge < -0.3 is 10.0 Å². The standard InChI is InChI=1S/C17H19ClN4O3/c1-11-8-14(20-22(11)13-5-3-4-12(18)9-13)19-16(25)21-7-6-17(2,10-21)15(23)24/h3-5,8-9H,6-7,10H2,1-2H3,(H,23,24)(H,19,20,25). The lowest BCUT2D eigenvalue weighted by molar-refractivity contribution is -0.146. The first-order valence-corrected chi connectivity index (χ1v) is 8.28. The molecule has 132 valence electrons. The number of halogens is 1. The number of carbonyl (C=O) groups excluding carboxylic acids is 1. The Bertz CT molecular complexity index is 835. The Hall–Kier alpha value is -2.54. The van der Waals surface area contributed by atoms with Gasteiger partial charge >= 0.3 is 12.0 Å². The van der Waals surface area contributed by atoms with E-state index in [1.54, 1.807) is 29.8 Å². The zero-order valence-electron chi connectivity index (χ0n) is 14.0. The van der Waals surface area contributed by atoms with Crippen molar-refractivity contribution < 1.29 is 14.7 Å². The number of anilines is 1. The molecule has 0 radical (unpaired) electrons. The predicted octanol–water partition coefficient (Wildman–Crippen LogP) is 3.16. The fraction of sp³-hybridized carbons (Fsp3) is 0.353. The van der Waals surface area contributed by atoms with Crippen LogP contribution in [0.3, 0.4) is 0 Å². The Labute approximate surface area is 150 Å². The van der Waals surface area contributed by atoms with Gasteiger partial charge in [0.1, 0.15) is 0 Å². The summed E-state index contributed by atoms with van der Waals surface area (Å²) in [5.74, 6) is -0.477. The third-order valence-electron chi connectivity index (χ3n) is 4.45. The number of carboxylic acid groups (broad SMARTS) is 1. The highest BCUT2D eigenvalue weighted by molar-refractivity contribution is 6.30. The van der Waals surface area contributed by atoms with Crippen molar-refractivity contribution in [2.24, 2.45) is 5.41 Å². The normalized spacial score (nSPS) is 19.9. The van der Waals surface area contributed by atoms with Crippen molar-refractivity contribution in [1.82, 2.24) is 14.7 Å². The van der Waals surface area contributed by atoms with E-state index in [2.05, 4.69) is 10.4 Å². The second-order valence-electron chi connectivity index (χ2n) is 6.53. The molecule has 2 N–H and O–H groups in total. The number of hydrogen-bond acceptors (Lipinski definition) is 3. The van der Waals surface area contributed by atoms with Crippen LogP contribution in [0, 0.1) is 12.3 Å². The van der Waals surface area contributed by atoms with Crippen LogP contribution in [0.5, 0.6) is 0 Å². The van der Waals surface area contributed by atoms with Gasteiger partial charge in [-0.2, -0.15) is 0 Å². The minimum absolute atomic E-state index is 0.183. The van der Waals surface area contributed by atoms with Crippen LogP contribution in [-0.4, -0.2) is 44.9 Å². The molecular weight excluding hydrogens is 344 g/mol. The van der Waals surface area contributed by atoms with Gasteiger partial charge in [0.25, 0.3) is 0 Å². The topological polar surface area (TPSA) is 87.5 Å². The molecule has 2 heterocycles. The summed E-state index contributed by atoms with van der Waals surface area (Å²) in [6.07, 6.45) is 0.436. The number of likely N-dealkylation sites (tertiary alicyclic amines) is 1. The van der Waals surface area contributed by atoms with Crippen LogP contribution < -0.4 is 5.32 Å². The van der Waals surface area contributed by atoms with Gasteiger partial charge in [-0.1, -0.05) is 17.7 Å². The van der Waals surface area contributed by atoms with Gasteiger partial charge in [-0.25, -0.2) is 9.48 Å². The lowest BCUT2D eigenvalue weighted by Gasteiger charge is -2.20. The maximum atomic E-state index is 12.4. The number of benzene rings is 1. The van der Waals surface area contributed by atoms with Crippen molar-refractivity contribution >= 4 is 29.4 Å². The summed E-state index contributed by atoms with van der Waals surface area (Å²) in [6.45, 7) is 4.12. The van der Waals surface area contributed by atoms with E-state index in [1.165, 1.54) is 4.90 Å². The molecule has 0 saturated carbocycles. The molecule has 1 aliphatic rings. The molecule has 0 aliphatic carbocycles. The largest absolute Gasteiger partial charge is 0.481 e. The maximum Gasteiger partial charge on any atom is 0.323 e. The third-order valence-corrected chi connectivity index (χ3v) is 4.69. The number of aliphatic carboxylic acids is 1. The Morgan fingerprint density at radius 1 is 1.36 bits per heavy atom. The van der Waals surface area contributed by atoms with Gasteiger partial charge in [0.2, 0.25) is 0 Å². The lowest BCUT2D eigenvalue weighted by Crippen LogP contribution is -2.37. The van der Waals surface area contributed by atoms with Gasteiger partial charge in [0.15, 0.2) is 5.82 Å². The van der Waals surface area contributed by atoms with E-state index in [0.717, 1.165) is 11.4 Å². The monoisotopic (exact) mass is 362 g/mol. The fourth-order valence-electron chi connectivity index (χ4n) is 2.90. The van der Waals surface area contributed by atoms with Gasteiger partial charge in [-0.05, 0) is 38.5 Å². The summed E-state index contributed by atoms with van der Waals surface area (Å²) in [6, 6.07) is 8.67. The Balaban J connectivity index is 1.73. The van der Waals surface area contributed by atoms with Crippen molar-refractivity contribution in [3.8, 4) is 5.69 Å². The Kier molecular flexibility index (Phi) is 4.43. The number of hydrogen-bond donors (Lipinski definition) is 2. The van der Waals surface area contributed by atoms with Crippen LogP contribution in [0.25, 0.3) is 5.69 Å². The molecular formula is C17H19ClN4O3. The van der Waals surface area contributed by atoms with E-state index in [4.69, 9.17) is 11.6 Å². The van der Waals surface area contributed by atoms with Crippen molar-refractivity contribution in [3.05, 3.63) is 41.0 Å². The molecule has 0 spiro atoms. The number of rotatable bonds is 3. The molecule has 2 amide bonds. The average molecular weight is 363 g/mol. The quantitative estimate of drug-likeness (QED) is 0.877. The molecule has 3 rings (SSSR count). The van der Waals surface area contributed by atoms with Crippen LogP contribution in [0.4, 0.5) is 10.6 Å². The highest BCUT2D eigenvalue weighted by Crippen LogP contribution is 2.30. The van der Waals surface area contributed by atoms with E-state index in [1.807, 2.05) is 19.1 Å². The SMILES string of the molecule is Cc1cc(NC(=O)N2CCC(C)(C(=O)O)C2)nn1-c1cccc(Cl)c1. The molecule has 0 bridgehead atoms. The Morgan fingerprint density at radius 3 is 2.76 bits per heavy atom. The minimum atomic E-state index is -0.895. The number of nitrogens with zero attached hydrogens (tertiary/aromatic N) is 3. The summed E-state index contributed by atoms with van der Waals surface area (Å²) >= 11 is 6.01. The van der Waals surface area contributed by atoms with E-state index in [9.17, 15) is 14.7 Å². The molecule has 25 heavy (non-hydrogen) atoms. The van der Waals surface area contributed by atoms with Gasteiger partial charge in [0, 0.05) is 29.9 Å². The van der Waals surface area contributed by atoms with Crippen molar-refractivity contribution in [3.63, 3.8) is 0 Å². The summed E-state index contributed by atoms with van der Waals surface area (Å²) in [7, 11) is 0. The number of carbonyl (C=O) groups is 2. The fourth-order valence-corrected chi connectivity index (χ4v) is 3.09. The van der Waals surface area contributed by atoms with E-state index in [-0.39, 0.29) is 12.6 Å². The molecule has 1 saturated heterocycles. The molecule has 8 heteroatoms. The molecule has 1 aliphatic heterocycles. The summed E-state index contributed by atoms with van der Waals surface area (Å²) in [5.41, 5.74) is 0.743. The summed E-state index contributed by atoms with van der Waals surface area (Å²) < 4.78 is 1.69. The molecule has 1 aromatic carbocycles. The first-order chi connectivity index (χ1) is 11.8. The number of nitrogens with one attached hydrogen (secondary N) is 1. The zero-order chi connectivity index (χ0) is 18.2. The van der Waals surface area contributed by atoms with Crippen LogP contribution >= 0.6 is 11.6 Å². The number of carboxylic acids is 1. The van der Waals surface area contributed by atoms with Crippen LogP contribution in [0.2, 0.25) is 5.02 Å². The summed E-state index contributed by atoms with van der Waals surface area (Å²) in [5, 5.41) is 17.0. The zero-order valence-corrected chi connectivity index (χ0v) is 14.7.